The fourth-order valence-corrected chi connectivity index (χ4v) is 5.43. The first-order chi connectivity index (χ1) is 18.7. The van der Waals surface area contributed by atoms with Gasteiger partial charge in [0, 0.05) is 24.1 Å². The van der Waals surface area contributed by atoms with Crippen molar-refractivity contribution in [2.24, 2.45) is 0 Å². The van der Waals surface area contributed by atoms with E-state index >= 15 is 0 Å². The number of methoxy groups -OCH3 is 1. The number of anilines is 2. The van der Waals surface area contributed by atoms with Gasteiger partial charge in [0.2, 0.25) is 5.91 Å². The van der Waals surface area contributed by atoms with Gasteiger partial charge in [0.1, 0.15) is 11.6 Å². The van der Waals surface area contributed by atoms with Gasteiger partial charge < -0.3 is 15.2 Å². The Kier molecular flexibility index (Phi) is 7.19. The van der Waals surface area contributed by atoms with Crippen LogP contribution in [-0.2, 0) is 14.4 Å². The highest BCUT2D eigenvalue weighted by atomic mass is 19.1. The molecule has 5 rings (SSSR count). The van der Waals surface area contributed by atoms with E-state index in [1.54, 1.807) is 19.2 Å². The average Bonchev–Trinajstić information content (AvgIpc) is 3.06. The lowest BCUT2D eigenvalue weighted by Gasteiger charge is -2.35. The third-order valence-electron chi connectivity index (χ3n) is 7.33. The molecule has 0 radical (unpaired) electrons. The van der Waals surface area contributed by atoms with Crippen LogP contribution in [0.25, 0.3) is 0 Å². The summed E-state index contributed by atoms with van der Waals surface area (Å²) < 4.78 is 19.2. The first-order valence-corrected chi connectivity index (χ1v) is 12.8. The van der Waals surface area contributed by atoms with Crippen molar-refractivity contribution >= 4 is 29.0 Å². The number of aryl methyl sites for hydroxylation is 1. The van der Waals surface area contributed by atoms with Gasteiger partial charge in [-0.25, -0.2) is 4.39 Å². The van der Waals surface area contributed by atoms with Crippen LogP contribution in [0.15, 0.2) is 78.0 Å². The molecule has 1 aliphatic carbocycles. The van der Waals surface area contributed by atoms with Crippen molar-refractivity contribution in [1.82, 2.24) is 0 Å². The maximum Gasteiger partial charge on any atom is 0.303 e. The van der Waals surface area contributed by atoms with Gasteiger partial charge in [-0.05, 0) is 72.4 Å². The number of ketones is 1. The van der Waals surface area contributed by atoms with E-state index in [1.807, 2.05) is 49.4 Å². The number of hydrogen-bond acceptors (Lipinski definition) is 5. The number of nitrogens with zero attached hydrogens (tertiary/aromatic N) is 1. The quantitative estimate of drug-likeness (QED) is 0.413. The molecule has 0 fully saturated rings. The minimum absolute atomic E-state index is 0.0910. The normalized spacial score (nSPS) is 18.5. The number of rotatable bonds is 6. The Balaban J connectivity index is 1.67. The van der Waals surface area contributed by atoms with Gasteiger partial charge in [0.05, 0.1) is 30.9 Å². The largest absolute Gasteiger partial charge is 0.497 e. The van der Waals surface area contributed by atoms with E-state index in [4.69, 9.17) is 4.74 Å². The number of carboxylic acids is 1. The van der Waals surface area contributed by atoms with Gasteiger partial charge in [-0.1, -0.05) is 30.3 Å². The number of halogens is 1. The Morgan fingerprint density at radius 2 is 1.69 bits per heavy atom. The summed E-state index contributed by atoms with van der Waals surface area (Å²) in [4.78, 5) is 40.5. The highest BCUT2D eigenvalue weighted by Gasteiger charge is 2.41. The fourth-order valence-electron chi connectivity index (χ4n) is 5.43. The van der Waals surface area contributed by atoms with Crippen molar-refractivity contribution in [2.45, 2.75) is 44.6 Å². The van der Waals surface area contributed by atoms with Crippen LogP contribution in [0.5, 0.6) is 5.75 Å². The molecule has 0 saturated carbocycles. The summed E-state index contributed by atoms with van der Waals surface area (Å²) in [6.45, 7) is 1.90. The van der Waals surface area contributed by atoms with Crippen molar-refractivity contribution in [1.29, 1.82) is 0 Å². The number of benzene rings is 3. The lowest BCUT2D eigenvalue weighted by molar-refractivity contribution is -0.138. The zero-order chi connectivity index (χ0) is 27.7. The lowest BCUT2D eigenvalue weighted by Crippen LogP contribution is -2.38. The molecular formula is C31H29FN2O5. The van der Waals surface area contributed by atoms with Crippen LogP contribution in [0.4, 0.5) is 15.8 Å². The minimum atomic E-state index is -1.09. The first kappa shape index (κ1) is 26.2. The Hall–Kier alpha value is -4.46. The smallest absolute Gasteiger partial charge is 0.303 e. The second-order valence-corrected chi connectivity index (χ2v) is 9.95. The first-order valence-electron chi connectivity index (χ1n) is 12.8. The molecule has 2 N–H and O–H groups in total. The lowest BCUT2D eigenvalue weighted by atomic mass is 9.78. The summed E-state index contributed by atoms with van der Waals surface area (Å²) in [6, 6.07) is 18.2. The van der Waals surface area contributed by atoms with Crippen LogP contribution in [0, 0.1) is 12.7 Å². The Morgan fingerprint density at radius 3 is 2.36 bits per heavy atom. The van der Waals surface area contributed by atoms with Gasteiger partial charge in [-0.15, -0.1) is 0 Å². The van der Waals surface area contributed by atoms with E-state index in [0.717, 1.165) is 16.9 Å². The molecule has 1 heterocycles. The van der Waals surface area contributed by atoms with E-state index in [0.29, 0.717) is 34.6 Å². The fraction of sp³-hybridized carbons (Fsp3) is 0.258. The predicted octanol–water partition coefficient (Wildman–Crippen LogP) is 5.91. The molecule has 7 nitrogen and oxygen atoms in total. The second-order valence-electron chi connectivity index (χ2n) is 9.95. The Bertz CT molecular complexity index is 1460. The molecule has 1 aliphatic heterocycles. The summed E-state index contributed by atoms with van der Waals surface area (Å²) in [6.07, 6.45) is 0.164. The van der Waals surface area contributed by atoms with Crippen LogP contribution in [0.2, 0.25) is 0 Å². The Morgan fingerprint density at radius 1 is 1.00 bits per heavy atom. The van der Waals surface area contributed by atoms with E-state index in [2.05, 4.69) is 5.32 Å². The number of amides is 1. The van der Waals surface area contributed by atoms with Crippen LogP contribution in [0.1, 0.15) is 54.3 Å². The molecule has 39 heavy (non-hydrogen) atoms. The van der Waals surface area contributed by atoms with E-state index in [-0.39, 0.29) is 31.0 Å². The number of allylic oxidation sites excluding steroid dienone is 1. The molecule has 0 spiro atoms. The van der Waals surface area contributed by atoms with Crippen molar-refractivity contribution in [2.75, 3.05) is 17.3 Å². The van der Waals surface area contributed by atoms with Crippen molar-refractivity contribution in [3.05, 3.63) is 101 Å². The maximum atomic E-state index is 14.0. The predicted molar refractivity (Wildman–Crippen MR) is 145 cm³/mol. The van der Waals surface area contributed by atoms with E-state index in [9.17, 15) is 23.9 Å². The van der Waals surface area contributed by atoms with Crippen LogP contribution < -0.4 is 15.0 Å². The highest BCUT2D eigenvalue weighted by Crippen LogP contribution is 2.48. The molecule has 0 bridgehead atoms. The van der Waals surface area contributed by atoms with Crippen LogP contribution >= 0.6 is 0 Å². The molecule has 3 aromatic carbocycles. The van der Waals surface area contributed by atoms with Crippen LogP contribution in [0.3, 0.4) is 0 Å². The minimum Gasteiger partial charge on any atom is -0.497 e. The van der Waals surface area contributed by atoms with E-state index < -0.39 is 23.7 Å². The number of carboxylic acid groups (broad SMARTS) is 1. The van der Waals surface area contributed by atoms with Crippen molar-refractivity contribution < 1.29 is 28.6 Å². The number of ether oxygens (including phenoxy) is 1. The highest BCUT2D eigenvalue weighted by molar-refractivity contribution is 6.06. The standard InChI is InChI=1S/C31H29FN2O5/c1-18-3-12-24-26(15-18)34(28(36)13-14-29(37)38)31(20-4-8-22(32)9-5-20)30-25(33-24)16-21(17-27(30)35)19-6-10-23(39-2)11-7-19/h3-12,15,21,31,33H,13-14,16-17H2,1-2H3,(H,37,38). The molecule has 1 amide bonds. The summed E-state index contributed by atoms with van der Waals surface area (Å²) in [5.41, 5.74) is 4.78. The molecule has 8 heteroatoms. The number of carbonyl (C=O) groups is 3. The molecular weight excluding hydrogens is 499 g/mol. The van der Waals surface area contributed by atoms with Gasteiger partial charge in [0.15, 0.2) is 5.78 Å². The Labute approximate surface area is 225 Å². The number of carbonyl (C=O) groups excluding carboxylic acids is 2. The third-order valence-corrected chi connectivity index (χ3v) is 7.33. The van der Waals surface area contributed by atoms with Crippen LogP contribution in [-0.4, -0.2) is 29.9 Å². The maximum absolute atomic E-state index is 14.0. The molecule has 2 unspecified atom stereocenters. The molecule has 0 saturated heterocycles. The average molecular weight is 529 g/mol. The summed E-state index contributed by atoms with van der Waals surface area (Å²) in [5.74, 6) is -1.45. The SMILES string of the molecule is COc1ccc(C2CC(=O)C3=C(C2)Nc2ccc(C)cc2N(C(=O)CCC(=O)O)C3c2ccc(F)cc2)cc1. The number of nitrogens with one attached hydrogen (secondary N) is 1. The van der Waals surface area contributed by atoms with Gasteiger partial charge in [0.25, 0.3) is 0 Å². The monoisotopic (exact) mass is 528 g/mol. The number of hydrogen-bond donors (Lipinski definition) is 2. The zero-order valence-electron chi connectivity index (χ0n) is 21.7. The molecule has 2 aliphatic rings. The molecule has 2 atom stereocenters. The summed E-state index contributed by atoms with van der Waals surface area (Å²) in [7, 11) is 1.60. The summed E-state index contributed by atoms with van der Waals surface area (Å²) in [5, 5.41) is 12.7. The second kappa shape index (κ2) is 10.7. The molecule has 0 aromatic heterocycles. The molecule has 3 aromatic rings. The van der Waals surface area contributed by atoms with Crippen molar-refractivity contribution in [3.8, 4) is 5.75 Å². The zero-order valence-corrected chi connectivity index (χ0v) is 21.7. The number of fused-ring (bicyclic) bond motifs is 1. The van der Waals surface area contributed by atoms with Crippen molar-refractivity contribution in [3.63, 3.8) is 0 Å². The van der Waals surface area contributed by atoms with E-state index in [1.165, 1.54) is 17.0 Å². The third kappa shape index (κ3) is 5.27. The number of Topliss-reactive ketones (excluding diaryl/α,β-unsaturated/α-hetero) is 1. The van der Waals surface area contributed by atoms with Gasteiger partial charge in [-0.3, -0.25) is 19.3 Å². The summed E-state index contributed by atoms with van der Waals surface area (Å²) >= 11 is 0. The van der Waals surface area contributed by atoms with Gasteiger partial charge in [-0.2, -0.15) is 0 Å². The van der Waals surface area contributed by atoms with Gasteiger partial charge >= 0.3 is 5.97 Å². The molecule has 200 valence electrons. The topological polar surface area (TPSA) is 95.9 Å². The number of aliphatic carboxylic acids is 1.